The van der Waals surface area contributed by atoms with Gasteiger partial charge < -0.3 is 84.0 Å². The van der Waals surface area contributed by atoms with Crippen LogP contribution in [0.1, 0.15) is 12.8 Å². The number of hydroxylamine groups is 2. The smallest absolute Gasteiger partial charge is 0.246 e. The average Bonchev–Trinajstić information content (AvgIpc) is 2.96. The Balaban J connectivity index is 1.91. The maximum atomic E-state index is 12.7. The Morgan fingerprint density at radius 2 is 1.51 bits per heavy atom. The highest BCUT2D eigenvalue weighted by molar-refractivity contribution is 5.76. The maximum Gasteiger partial charge on any atom is 0.246 e. The van der Waals surface area contributed by atoms with Crippen LogP contribution in [0.15, 0.2) is 4.99 Å². The Bertz CT molecular complexity index is 935. The molecule has 19 N–H and O–H groups in total. The molecular formula is C23H46N8O12. The molecule has 0 radical (unpaired) electrons. The fourth-order valence-corrected chi connectivity index (χ4v) is 5.56. The third kappa shape index (κ3) is 8.06. The van der Waals surface area contributed by atoms with Crippen LogP contribution in [0, 0.1) is 5.92 Å². The van der Waals surface area contributed by atoms with Crippen molar-refractivity contribution < 1.29 is 59.6 Å². The van der Waals surface area contributed by atoms with Crippen molar-refractivity contribution in [3.63, 3.8) is 0 Å². The first-order valence-electron chi connectivity index (χ1n) is 13.9. The second-order valence-corrected chi connectivity index (χ2v) is 10.9. The zero-order chi connectivity index (χ0) is 32.2. The quantitative estimate of drug-likeness (QED) is 0.0438. The molecule has 1 amide bonds. The van der Waals surface area contributed by atoms with E-state index in [1.54, 1.807) is 0 Å². The molecule has 3 aliphatic rings. The van der Waals surface area contributed by atoms with Gasteiger partial charge in [0.25, 0.3) is 0 Å². The minimum atomic E-state index is -1.68. The van der Waals surface area contributed by atoms with E-state index in [0.717, 1.165) is 0 Å². The number of aliphatic imine (C=N–C) groups is 1. The van der Waals surface area contributed by atoms with Crippen LogP contribution >= 0.6 is 0 Å². The minimum absolute atomic E-state index is 0.0293. The van der Waals surface area contributed by atoms with Gasteiger partial charge in [0.1, 0.15) is 54.9 Å². The van der Waals surface area contributed by atoms with Gasteiger partial charge in [0.05, 0.1) is 25.3 Å². The predicted octanol–water partition coefficient (Wildman–Crippen LogP) is -8.15. The first-order chi connectivity index (χ1) is 20.2. The summed E-state index contributed by atoms with van der Waals surface area (Å²) < 4.78 is 23.2. The molecule has 2 heterocycles. The van der Waals surface area contributed by atoms with E-state index in [4.69, 9.17) is 53.3 Å². The summed E-state index contributed by atoms with van der Waals surface area (Å²) in [4.78, 5) is 16.6. The Labute approximate surface area is 247 Å². The molecule has 0 aromatic rings. The summed E-state index contributed by atoms with van der Waals surface area (Å²) >= 11 is 0. The van der Waals surface area contributed by atoms with Crippen molar-refractivity contribution in [2.24, 2.45) is 45.3 Å². The van der Waals surface area contributed by atoms with Crippen LogP contribution < -0.4 is 34.4 Å². The summed E-state index contributed by atoms with van der Waals surface area (Å²) in [6.07, 6.45) is -16.4. The van der Waals surface area contributed by atoms with E-state index in [2.05, 4.69) is 4.99 Å². The van der Waals surface area contributed by atoms with E-state index in [1.807, 2.05) is 0 Å². The second kappa shape index (κ2) is 15.4. The molecule has 1 saturated carbocycles. The van der Waals surface area contributed by atoms with Crippen molar-refractivity contribution in [3.8, 4) is 0 Å². The molecule has 250 valence electrons. The zero-order valence-electron chi connectivity index (χ0n) is 23.4. The fraction of sp³-hybridized carbons (Fsp3) is 0.913. The van der Waals surface area contributed by atoms with E-state index in [1.165, 1.54) is 0 Å². The van der Waals surface area contributed by atoms with Crippen LogP contribution in [-0.4, -0.2) is 165 Å². The molecular weight excluding hydrogens is 580 g/mol. The van der Waals surface area contributed by atoms with Gasteiger partial charge in [0.2, 0.25) is 5.91 Å². The van der Waals surface area contributed by atoms with Gasteiger partial charge in [-0.1, -0.05) is 0 Å². The number of aliphatic hydroxyl groups excluding tert-OH is 6. The number of carbonyl (C=O) groups is 1. The number of ether oxygens (including phenoxy) is 4. The summed E-state index contributed by atoms with van der Waals surface area (Å²) in [5, 5.41) is 73.5. The molecule has 1 aliphatic carbocycles. The molecule has 20 heteroatoms. The number of nitrogens with two attached hydrogens (primary N) is 6. The second-order valence-electron chi connectivity index (χ2n) is 10.9. The highest BCUT2D eigenvalue weighted by Gasteiger charge is 2.52. The topological polar surface area (TPSA) is 367 Å². The summed E-state index contributed by atoms with van der Waals surface area (Å²) in [6.45, 7) is -1.10. The van der Waals surface area contributed by atoms with Crippen molar-refractivity contribution in [2.45, 2.75) is 98.5 Å². The standard InChI is InChI=1S/C23H46N8O12/c24-1-2-31(39)11(33)4-7-3-8(26)20(43-21-13(30-23(28)29)17(37)15(35)9(5-25)40-21)18(38)19(7)42-22-16(36)12(27)14(34)10(6-32)41-22/h7-10,12-22,32,34-39H,1-6,24-27H2,(H4,28,29,30)/t7-,8-,9+,10+,12-,13+,14+,15+,16+,17+,18+,19-,20?,21+,22+/m0/s1. The van der Waals surface area contributed by atoms with Crippen LogP contribution in [0.2, 0.25) is 0 Å². The summed E-state index contributed by atoms with van der Waals surface area (Å²) in [6, 6.07) is -3.68. The van der Waals surface area contributed by atoms with Gasteiger partial charge in [-0.05, 0) is 12.3 Å². The van der Waals surface area contributed by atoms with Crippen molar-refractivity contribution in [3.05, 3.63) is 0 Å². The van der Waals surface area contributed by atoms with Gasteiger partial charge in [-0.25, -0.2) is 10.1 Å². The monoisotopic (exact) mass is 626 g/mol. The molecule has 0 spiro atoms. The van der Waals surface area contributed by atoms with Gasteiger partial charge in [-0.2, -0.15) is 0 Å². The maximum absolute atomic E-state index is 12.7. The molecule has 1 unspecified atom stereocenters. The van der Waals surface area contributed by atoms with Gasteiger partial charge in [-0.15, -0.1) is 0 Å². The lowest BCUT2D eigenvalue weighted by molar-refractivity contribution is -0.323. The largest absolute Gasteiger partial charge is 0.394 e. The number of hydrogen-bond donors (Lipinski definition) is 13. The number of nitrogens with zero attached hydrogens (tertiary/aromatic N) is 2. The molecule has 3 fully saturated rings. The Kier molecular flexibility index (Phi) is 12.8. The SMILES string of the molecule is NCCN(O)C(=O)C[C@@H]1C[C@H](N)C(O[C@H]2O[C@H](CN)[C@@H](O)[C@H](O)[C@H]2N=C(N)N)[C@H](O)[C@H]1O[C@H]1O[C@H](CO)[C@@H](O)[C@H](N)[C@H]1O. The Morgan fingerprint density at radius 1 is 0.884 bits per heavy atom. The average molecular weight is 627 g/mol. The zero-order valence-corrected chi connectivity index (χ0v) is 23.4. The highest BCUT2D eigenvalue weighted by Crippen LogP contribution is 2.36. The molecule has 3 rings (SSSR count). The molecule has 0 aromatic carbocycles. The highest BCUT2D eigenvalue weighted by atomic mass is 16.7. The molecule has 43 heavy (non-hydrogen) atoms. The molecule has 0 aromatic heterocycles. The minimum Gasteiger partial charge on any atom is -0.394 e. The summed E-state index contributed by atoms with van der Waals surface area (Å²) in [5.41, 5.74) is 34.4. The van der Waals surface area contributed by atoms with Crippen LogP contribution in [0.3, 0.4) is 0 Å². The predicted molar refractivity (Wildman–Crippen MR) is 144 cm³/mol. The molecule has 0 bridgehead atoms. The van der Waals surface area contributed by atoms with E-state index in [9.17, 15) is 40.6 Å². The van der Waals surface area contributed by atoms with E-state index in [0.29, 0.717) is 5.06 Å². The lowest BCUT2D eigenvalue weighted by atomic mass is 9.77. The summed E-state index contributed by atoms with van der Waals surface area (Å²) in [5.74, 6) is -2.12. The third-order valence-electron chi connectivity index (χ3n) is 7.92. The number of rotatable bonds is 11. The van der Waals surface area contributed by atoms with Crippen molar-refractivity contribution in [1.29, 1.82) is 0 Å². The van der Waals surface area contributed by atoms with Crippen molar-refractivity contribution in [2.75, 3.05) is 26.2 Å². The van der Waals surface area contributed by atoms with Gasteiger partial charge >= 0.3 is 0 Å². The molecule has 15 atom stereocenters. The van der Waals surface area contributed by atoms with E-state index >= 15 is 0 Å². The van der Waals surface area contributed by atoms with Gasteiger partial charge in [0.15, 0.2) is 18.5 Å². The Hall–Kier alpha value is -1.86. The Morgan fingerprint density at radius 3 is 2.09 bits per heavy atom. The number of hydrogen-bond acceptors (Lipinski definition) is 17. The van der Waals surface area contributed by atoms with Gasteiger partial charge in [-0.3, -0.25) is 10.0 Å². The normalized spacial score (nSPS) is 43.7. The van der Waals surface area contributed by atoms with Crippen LogP contribution in [0.25, 0.3) is 0 Å². The third-order valence-corrected chi connectivity index (χ3v) is 7.92. The van der Waals surface area contributed by atoms with E-state index < -0.39 is 116 Å². The number of guanidine groups is 1. The summed E-state index contributed by atoms with van der Waals surface area (Å²) in [7, 11) is 0. The number of carbonyl (C=O) groups excluding carboxylic acids is 1. The fourth-order valence-electron chi connectivity index (χ4n) is 5.56. The lowest BCUT2D eigenvalue weighted by Crippen LogP contribution is -2.67. The first kappa shape index (κ1) is 35.6. The lowest BCUT2D eigenvalue weighted by Gasteiger charge is -2.49. The van der Waals surface area contributed by atoms with Crippen LogP contribution in [0.5, 0.6) is 0 Å². The number of aliphatic hydroxyl groups is 6. The number of amides is 1. The molecule has 2 aliphatic heterocycles. The molecule has 2 saturated heterocycles. The van der Waals surface area contributed by atoms with E-state index in [-0.39, 0.29) is 26.1 Å². The van der Waals surface area contributed by atoms with Gasteiger partial charge in [0, 0.05) is 25.6 Å². The van der Waals surface area contributed by atoms with Crippen molar-refractivity contribution >= 4 is 11.9 Å². The first-order valence-corrected chi connectivity index (χ1v) is 13.9. The van der Waals surface area contributed by atoms with Crippen LogP contribution in [0.4, 0.5) is 0 Å². The molecule has 20 nitrogen and oxygen atoms in total. The van der Waals surface area contributed by atoms with Crippen LogP contribution in [-0.2, 0) is 23.7 Å². The van der Waals surface area contributed by atoms with Crippen molar-refractivity contribution in [1.82, 2.24) is 5.06 Å².